The maximum atomic E-state index is 14.1. The summed E-state index contributed by atoms with van der Waals surface area (Å²) in [4.78, 5) is 11.1. The number of halogens is 2. The molecule has 1 aliphatic carbocycles. The summed E-state index contributed by atoms with van der Waals surface area (Å²) in [5.74, 6) is -1.65. The number of ether oxygens (including phenoxy) is 1. The fraction of sp³-hybridized carbons (Fsp3) is 0.348. The molecule has 2 aromatic carbocycles. The maximum absolute atomic E-state index is 14.1. The average Bonchev–Trinajstić information content (AvgIpc) is 2.68. The second-order valence-electron chi connectivity index (χ2n) is 7.70. The highest BCUT2D eigenvalue weighted by Crippen LogP contribution is 2.31. The number of carboxylic acid groups (broad SMARTS) is 1. The van der Waals surface area contributed by atoms with Crippen LogP contribution in [0.15, 0.2) is 36.9 Å². The lowest BCUT2D eigenvalue weighted by Crippen LogP contribution is -2.27. The van der Waals surface area contributed by atoms with Crippen LogP contribution in [0.2, 0.25) is 0 Å². The number of hydrogen-bond donors (Lipinski definition) is 3. The third-order valence-corrected chi connectivity index (χ3v) is 5.50. The molecule has 5 nitrogen and oxygen atoms in total. The smallest absolute Gasteiger partial charge is 0.306 e. The highest BCUT2D eigenvalue weighted by Gasteiger charge is 2.27. The van der Waals surface area contributed by atoms with Gasteiger partial charge < -0.3 is 20.9 Å². The summed E-state index contributed by atoms with van der Waals surface area (Å²) in [6.45, 7) is 5.62. The van der Waals surface area contributed by atoms with Gasteiger partial charge in [0.15, 0.2) is 0 Å². The van der Waals surface area contributed by atoms with Crippen LogP contribution in [0.25, 0.3) is 5.70 Å². The Kier molecular flexibility index (Phi) is 6.59. The van der Waals surface area contributed by atoms with E-state index in [1.54, 1.807) is 25.1 Å². The maximum Gasteiger partial charge on any atom is 0.306 e. The number of rotatable bonds is 7. The molecule has 160 valence electrons. The van der Waals surface area contributed by atoms with Crippen molar-refractivity contribution in [2.45, 2.75) is 45.3 Å². The Bertz CT molecular complexity index is 930. The number of aliphatic carboxylic acids is 1. The van der Waals surface area contributed by atoms with Gasteiger partial charge in [-0.2, -0.15) is 0 Å². The van der Waals surface area contributed by atoms with Crippen LogP contribution >= 0.6 is 0 Å². The summed E-state index contributed by atoms with van der Waals surface area (Å²) in [5.41, 5.74) is 8.45. The largest absolute Gasteiger partial charge is 0.490 e. The van der Waals surface area contributed by atoms with Crippen LogP contribution < -0.4 is 15.8 Å². The van der Waals surface area contributed by atoms with E-state index in [0.29, 0.717) is 59.5 Å². The molecular weight excluding hydrogens is 390 g/mol. The topological polar surface area (TPSA) is 84.6 Å². The third-order valence-electron chi connectivity index (χ3n) is 5.50. The Balaban J connectivity index is 1.70. The van der Waals surface area contributed by atoms with Gasteiger partial charge in [-0.25, -0.2) is 8.78 Å². The van der Waals surface area contributed by atoms with Crippen LogP contribution in [0.5, 0.6) is 5.75 Å². The van der Waals surface area contributed by atoms with Crippen molar-refractivity contribution in [1.29, 1.82) is 0 Å². The summed E-state index contributed by atoms with van der Waals surface area (Å²) in [5, 5.41) is 12.2. The molecule has 0 heterocycles. The first kappa shape index (κ1) is 21.6. The predicted molar refractivity (Wildman–Crippen MR) is 112 cm³/mol. The number of carbonyl (C=O) groups is 1. The molecule has 0 atom stereocenters. The molecule has 0 aromatic heterocycles. The summed E-state index contributed by atoms with van der Waals surface area (Å²) in [7, 11) is 0. The zero-order valence-electron chi connectivity index (χ0n) is 16.9. The number of anilines is 1. The van der Waals surface area contributed by atoms with Crippen molar-refractivity contribution in [2.75, 3.05) is 5.32 Å². The first-order chi connectivity index (χ1) is 14.2. The highest BCUT2D eigenvalue weighted by atomic mass is 19.1. The van der Waals surface area contributed by atoms with E-state index in [1.807, 2.05) is 0 Å². The monoisotopic (exact) mass is 416 g/mol. The van der Waals surface area contributed by atoms with Gasteiger partial charge in [0.05, 0.1) is 12.0 Å². The highest BCUT2D eigenvalue weighted by molar-refractivity contribution is 5.74. The number of carboxylic acids is 1. The molecule has 1 fully saturated rings. The Hall–Kier alpha value is -3.09. The molecule has 0 amide bonds. The molecule has 0 bridgehead atoms. The van der Waals surface area contributed by atoms with Crippen LogP contribution in [0, 0.1) is 24.5 Å². The Labute approximate surface area is 174 Å². The van der Waals surface area contributed by atoms with E-state index in [9.17, 15) is 13.6 Å². The molecule has 3 rings (SSSR count). The molecule has 2 aromatic rings. The van der Waals surface area contributed by atoms with Crippen molar-refractivity contribution in [3.63, 3.8) is 0 Å². The minimum atomic E-state index is -0.751. The second kappa shape index (κ2) is 9.15. The van der Waals surface area contributed by atoms with Crippen molar-refractivity contribution in [2.24, 2.45) is 11.7 Å². The van der Waals surface area contributed by atoms with Crippen LogP contribution in [-0.4, -0.2) is 17.2 Å². The molecule has 0 saturated heterocycles. The van der Waals surface area contributed by atoms with Gasteiger partial charge in [-0.05, 0) is 62.4 Å². The molecule has 1 aliphatic rings. The van der Waals surface area contributed by atoms with Crippen molar-refractivity contribution in [3.8, 4) is 5.75 Å². The van der Waals surface area contributed by atoms with Crippen molar-refractivity contribution < 1.29 is 23.4 Å². The average molecular weight is 416 g/mol. The number of nitrogens with two attached hydrogens (primary N) is 1. The fourth-order valence-electron chi connectivity index (χ4n) is 3.78. The molecule has 0 unspecified atom stereocenters. The van der Waals surface area contributed by atoms with E-state index >= 15 is 0 Å². The van der Waals surface area contributed by atoms with Crippen molar-refractivity contribution >= 4 is 17.4 Å². The molecule has 4 N–H and O–H groups in total. The number of hydrogen-bond acceptors (Lipinski definition) is 4. The van der Waals surface area contributed by atoms with Gasteiger partial charge in [-0.3, -0.25) is 4.79 Å². The summed E-state index contributed by atoms with van der Waals surface area (Å²) in [6, 6.07) is 7.48. The van der Waals surface area contributed by atoms with Gasteiger partial charge in [0.25, 0.3) is 0 Å². The van der Waals surface area contributed by atoms with Crippen LogP contribution in [0.4, 0.5) is 14.5 Å². The molecule has 1 saturated carbocycles. The van der Waals surface area contributed by atoms with Crippen LogP contribution in [0.1, 0.15) is 42.4 Å². The second-order valence-corrected chi connectivity index (χ2v) is 7.70. The summed E-state index contributed by atoms with van der Waals surface area (Å²) in [6.07, 6.45) is 2.50. The summed E-state index contributed by atoms with van der Waals surface area (Å²) >= 11 is 0. The van der Waals surface area contributed by atoms with Gasteiger partial charge in [-0.1, -0.05) is 6.58 Å². The molecular formula is C23H26F2N2O3. The molecule has 0 aliphatic heterocycles. The minimum Gasteiger partial charge on any atom is -0.490 e. The third kappa shape index (κ3) is 5.09. The molecule has 7 heteroatoms. The van der Waals surface area contributed by atoms with E-state index in [0.717, 1.165) is 6.07 Å². The standard InChI is InChI=1S/C23H26F2N2O3/c1-13-9-16(24)10-21(25)20(13)12-27-22-8-7-18(11-19(22)14(2)26)30-17-5-3-15(4-6-17)23(28)29/h7-11,15,17,27H,2-6,12,26H2,1H3,(H,28,29). The lowest BCUT2D eigenvalue weighted by atomic mass is 9.87. The quantitative estimate of drug-likeness (QED) is 0.602. The zero-order chi connectivity index (χ0) is 21.8. The fourth-order valence-corrected chi connectivity index (χ4v) is 3.78. The SMILES string of the molecule is C=C(N)c1cc(OC2CCC(C(=O)O)CC2)ccc1NCc1c(C)cc(F)cc1F. The molecule has 0 spiro atoms. The van der Waals surface area contributed by atoms with E-state index in [1.165, 1.54) is 6.07 Å². The minimum absolute atomic E-state index is 0.0470. The Morgan fingerprint density at radius 2 is 1.93 bits per heavy atom. The Morgan fingerprint density at radius 1 is 1.23 bits per heavy atom. The van der Waals surface area contributed by atoms with Crippen molar-refractivity contribution in [1.82, 2.24) is 0 Å². The summed E-state index contributed by atoms with van der Waals surface area (Å²) < 4.78 is 33.4. The van der Waals surface area contributed by atoms with Crippen LogP contribution in [-0.2, 0) is 11.3 Å². The van der Waals surface area contributed by atoms with Gasteiger partial charge in [0, 0.05) is 35.1 Å². The van der Waals surface area contributed by atoms with Crippen molar-refractivity contribution in [3.05, 3.63) is 65.2 Å². The number of benzene rings is 2. The molecule has 0 radical (unpaired) electrons. The van der Waals surface area contributed by atoms with Gasteiger partial charge >= 0.3 is 5.97 Å². The predicted octanol–water partition coefficient (Wildman–Crippen LogP) is 4.84. The lowest BCUT2D eigenvalue weighted by molar-refractivity contribution is -0.143. The van der Waals surface area contributed by atoms with Crippen LogP contribution in [0.3, 0.4) is 0 Å². The first-order valence-corrected chi connectivity index (χ1v) is 9.91. The lowest BCUT2D eigenvalue weighted by Gasteiger charge is -2.27. The van der Waals surface area contributed by atoms with E-state index in [2.05, 4.69) is 11.9 Å². The molecule has 30 heavy (non-hydrogen) atoms. The number of nitrogens with one attached hydrogen (secondary N) is 1. The Morgan fingerprint density at radius 3 is 2.53 bits per heavy atom. The van der Waals surface area contributed by atoms with E-state index < -0.39 is 17.6 Å². The normalized spacial score (nSPS) is 18.6. The van der Waals surface area contributed by atoms with E-state index in [-0.39, 0.29) is 18.6 Å². The number of aryl methyl sites for hydroxylation is 1. The van der Waals surface area contributed by atoms with Gasteiger partial charge in [0.2, 0.25) is 0 Å². The van der Waals surface area contributed by atoms with Gasteiger partial charge in [0.1, 0.15) is 17.4 Å². The first-order valence-electron chi connectivity index (χ1n) is 9.91. The van der Waals surface area contributed by atoms with Gasteiger partial charge in [-0.15, -0.1) is 0 Å². The zero-order valence-corrected chi connectivity index (χ0v) is 16.9. The van der Waals surface area contributed by atoms with E-state index in [4.69, 9.17) is 15.6 Å².